The maximum atomic E-state index is 14.6. The van der Waals surface area contributed by atoms with Crippen molar-refractivity contribution in [3.8, 4) is 11.1 Å². The molecule has 0 bridgehead atoms. The molecule has 2 aliphatic rings. The van der Waals surface area contributed by atoms with Gasteiger partial charge in [-0.25, -0.2) is 17.8 Å². The minimum absolute atomic E-state index is 0.0809. The van der Waals surface area contributed by atoms with Gasteiger partial charge in [-0.3, -0.25) is 0 Å². The molecule has 25 heavy (non-hydrogen) atoms. The number of rotatable bonds is 2. The van der Waals surface area contributed by atoms with Crippen LogP contribution in [-0.2, 0) is 10.0 Å². The normalized spacial score (nSPS) is 18.4. The van der Waals surface area contributed by atoms with E-state index < -0.39 is 10.0 Å². The van der Waals surface area contributed by atoms with Gasteiger partial charge < -0.3 is 0 Å². The summed E-state index contributed by atoms with van der Waals surface area (Å²) in [6.07, 6.45) is 3.21. The Morgan fingerprint density at radius 3 is 2.60 bits per heavy atom. The zero-order valence-electron chi connectivity index (χ0n) is 13.1. The highest BCUT2D eigenvalue weighted by molar-refractivity contribution is 7.90. The lowest BCUT2D eigenvalue weighted by Gasteiger charge is -2.27. The first-order valence-electron chi connectivity index (χ1n) is 7.74. The van der Waals surface area contributed by atoms with Crippen LogP contribution >= 0.6 is 0 Å². The summed E-state index contributed by atoms with van der Waals surface area (Å²) in [6, 6.07) is 14.1. The first-order valence-corrected chi connectivity index (χ1v) is 9.35. The van der Waals surface area contributed by atoms with Crippen molar-refractivity contribution >= 4 is 27.6 Å². The first-order chi connectivity index (χ1) is 12.0. The van der Waals surface area contributed by atoms with Crippen molar-refractivity contribution in [3.63, 3.8) is 0 Å². The van der Waals surface area contributed by atoms with Crippen molar-refractivity contribution in [1.29, 1.82) is 0 Å². The molecular weight excluding hydrogens is 341 g/mol. The number of amidine groups is 1. The monoisotopic (exact) mass is 355 g/mol. The summed E-state index contributed by atoms with van der Waals surface area (Å²) < 4.78 is 42.1. The van der Waals surface area contributed by atoms with Crippen LogP contribution in [0.3, 0.4) is 0 Å². The van der Waals surface area contributed by atoms with Gasteiger partial charge >= 0.3 is 0 Å². The Balaban J connectivity index is 1.77. The Kier molecular flexibility index (Phi) is 3.73. The Hall–Kier alpha value is -2.80. The number of sulfonamides is 1. The number of allylic oxidation sites excluding steroid dienone is 1. The van der Waals surface area contributed by atoms with Crippen LogP contribution in [0.4, 0.5) is 4.39 Å². The zero-order chi connectivity index (χ0) is 17.4. The number of nitrogens with zero attached hydrogens (tertiary/aromatic N) is 3. The molecule has 126 valence electrons. The molecule has 2 aromatic carbocycles. The molecule has 0 aromatic heterocycles. The van der Waals surface area contributed by atoms with Gasteiger partial charge in [-0.2, -0.15) is 5.10 Å². The number of hydrazone groups is 1. The Labute approximate surface area is 144 Å². The van der Waals surface area contributed by atoms with Gasteiger partial charge in [0.1, 0.15) is 5.82 Å². The van der Waals surface area contributed by atoms with Gasteiger partial charge in [0.25, 0.3) is 10.0 Å². The molecule has 0 N–H and O–H groups in total. The molecule has 7 heteroatoms. The van der Waals surface area contributed by atoms with Crippen molar-refractivity contribution in [2.75, 3.05) is 12.3 Å². The average molecular weight is 355 g/mol. The lowest BCUT2D eigenvalue weighted by molar-refractivity contribution is 0.464. The van der Waals surface area contributed by atoms with E-state index in [9.17, 15) is 12.8 Å². The zero-order valence-corrected chi connectivity index (χ0v) is 13.9. The van der Waals surface area contributed by atoms with Crippen LogP contribution in [0.25, 0.3) is 16.7 Å². The highest BCUT2D eigenvalue weighted by Gasteiger charge is 2.28. The summed E-state index contributed by atoms with van der Waals surface area (Å²) in [6.45, 7) is 0.236. The molecular formula is C18H14FN3O2S. The van der Waals surface area contributed by atoms with Gasteiger partial charge in [-0.15, -0.1) is 4.40 Å². The van der Waals surface area contributed by atoms with Crippen LogP contribution in [-0.4, -0.2) is 37.8 Å². The molecule has 0 aliphatic carbocycles. The van der Waals surface area contributed by atoms with Gasteiger partial charge in [-0.05, 0) is 23.3 Å². The molecule has 0 radical (unpaired) electrons. The molecule has 2 heterocycles. The lowest BCUT2D eigenvalue weighted by Crippen LogP contribution is -2.38. The maximum absolute atomic E-state index is 14.6. The third-order valence-electron chi connectivity index (χ3n) is 4.08. The van der Waals surface area contributed by atoms with Crippen LogP contribution in [0.15, 0.2) is 64.1 Å². The van der Waals surface area contributed by atoms with Crippen LogP contribution in [0.2, 0.25) is 0 Å². The van der Waals surface area contributed by atoms with E-state index in [1.807, 2.05) is 30.3 Å². The van der Waals surface area contributed by atoms with Crippen molar-refractivity contribution in [2.45, 2.75) is 0 Å². The maximum Gasteiger partial charge on any atom is 0.256 e. The van der Waals surface area contributed by atoms with Crippen molar-refractivity contribution < 1.29 is 12.8 Å². The lowest BCUT2D eigenvalue weighted by atomic mass is 9.98. The van der Waals surface area contributed by atoms with E-state index in [2.05, 4.69) is 9.50 Å². The molecule has 0 amide bonds. The molecule has 0 saturated heterocycles. The summed E-state index contributed by atoms with van der Waals surface area (Å²) >= 11 is 0. The van der Waals surface area contributed by atoms with Crippen molar-refractivity contribution in [1.82, 2.24) is 5.01 Å². The summed E-state index contributed by atoms with van der Waals surface area (Å²) in [5.74, 6) is -0.221. The average Bonchev–Trinajstić information content (AvgIpc) is 2.61. The summed E-state index contributed by atoms with van der Waals surface area (Å²) in [5.41, 5.74) is 2.37. The molecule has 0 saturated carbocycles. The van der Waals surface area contributed by atoms with Crippen molar-refractivity contribution in [3.05, 3.63) is 66.0 Å². The Bertz CT molecular complexity index is 1030. The van der Waals surface area contributed by atoms with Crippen molar-refractivity contribution in [2.24, 2.45) is 9.50 Å². The molecule has 2 aromatic rings. The molecule has 0 fully saturated rings. The number of hydrogen-bond acceptors (Lipinski definition) is 4. The molecule has 0 atom stereocenters. The first kappa shape index (κ1) is 15.7. The van der Waals surface area contributed by atoms with Crippen LogP contribution in [0, 0.1) is 5.82 Å². The van der Waals surface area contributed by atoms with Gasteiger partial charge in [0.2, 0.25) is 0 Å². The number of benzene rings is 2. The third-order valence-corrected chi connectivity index (χ3v) is 5.23. The van der Waals surface area contributed by atoms with E-state index in [1.54, 1.807) is 24.4 Å². The van der Waals surface area contributed by atoms with E-state index in [0.717, 1.165) is 5.56 Å². The van der Waals surface area contributed by atoms with Gasteiger partial charge in [0, 0.05) is 17.4 Å². The SMILES string of the molecule is O=S1(=O)CCN2N=CC=C(c3ccc(-c4ccccc4)c(F)c3)C2=N1. The molecule has 2 aliphatic heterocycles. The quantitative estimate of drug-likeness (QED) is 0.832. The third kappa shape index (κ3) is 2.98. The van der Waals surface area contributed by atoms with Crippen LogP contribution in [0.5, 0.6) is 0 Å². The minimum atomic E-state index is -3.52. The van der Waals surface area contributed by atoms with Crippen LogP contribution in [0.1, 0.15) is 5.56 Å². The standard InChI is InChI=1S/C18H14FN3O2S/c19-17-12-14(6-7-15(17)13-4-2-1-3-5-13)16-8-9-20-22-10-11-25(23,24)21-18(16)22/h1-9,12H,10-11H2. The van der Waals surface area contributed by atoms with Gasteiger partial charge in [0.15, 0.2) is 5.84 Å². The highest BCUT2D eigenvalue weighted by atomic mass is 32.2. The molecule has 4 rings (SSSR count). The second-order valence-corrected chi connectivity index (χ2v) is 7.48. The van der Waals surface area contributed by atoms with Crippen LogP contribution < -0.4 is 0 Å². The largest absolute Gasteiger partial charge is 0.256 e. The Morgan fingerprint density at radius 2 is 1.84 bits per heavy atom. The topological polar surface area (TPSA) is 62.1 Å². The number of fused-ring (bicyclic) bond motifs is 1. The fourth-order valence-electron chi connectivity index (χ4n) is 2.86. The second-order valence-electron chi connectivity index (χ2n) is 5.73. The summed E-state index contributed by atoms with van der Waals surface area (Å²) in [7, 11) is -3.52. The van der Waals surface area contributed by atoms with Gasteiger partial charge in [0.05, 0.1) is 12.3 Å². The summed E-state index contributed by atoms with van der Waals surface area (Å²) in [5, 5.41) is 5.65. The molecule has 0 spiro atoms. The second kappa shape index (κ2) is 5.93. The van der Waals surface area contributed by atoms with Gasteiger partial charge in [-0.1, -0.05) is 42.5 Å². The Morgan fingerprint density at radius 1 is 1.04 bits per heavy atom. The fourth-order valence-corrected chi connectivity index (χ4v) is 3.81. The van der Waals surface area contributed by atoms with E-state index in [0.29, 0.717) is 16.7 Å². The smallest absolute Gasteiger partial charge is 0.246 e. The highest BCUT2D eigenvalue weighted by Crippen LogP contribution is 2.29. The predicted molar refractivity (Wildman–Crippen MR) is 96.2 cm³/mol. The molecule has 5 nitrogen and oxygen atoms in total. The van der Waals surface area contributed by atoms with E-state index in [1.165, 1.54) is 11.1 Å². The predicted octanol–water partition coefficient (Wildman–Crippen LogP) is 2.92. The molecule has 0 unspecified atom stereocenters. The summed E-state index contributed by atoms with van der Waals surface area (Å²) in [4.78, 5) is 0. The number of hydrogen-bond donors (Lipinski definition) is 0. The van der Waals surface area contributed by atoms with E-state index in [-0.39, 0.29) is 24.0 Å². The van der Waals surface area contributed by atoms with E-state index in [4.69, 9.17) is 0 Å². The number of halogens is 1. The minimum Gasteiger partial charge on any atom is -0.246 e. The van der Waals surface area contributed by atoms with E-state index >= 15 is 0 Å². The fraction of sp³-hybridized carbons (Fsp3) is 0.111.